The molecule has 1 aromatic rings. The standard InChI is InChI=1S/C13H17N3O3/c1-16-6-5-10(13(16)18)15-12(17)8-3-4-9(14)11(7-8)19-2/h3-4,7,10H,5-6,14H2,1-2H3,(H,15,17). The summed E-state index contributed by atoms with van der Waals surface area (Å²) in [4.78, 5) is 25.4. The molecule has 1 fully saturated rings. The van der Waals surface area contributed by atoms with Crippen molar-refractivity contribution in [3.63, 3.8) is 0 Å². The summed E-state index contributed by atoms with van der Waals surface area (Å²) in [6.07, 6.45) is 0.632. The Labute approximate surface area is 111 Å². The molecular weight excluding hydrogens is 246 g/mol. The van der Waals surface area contributed by atoms with Gasteiger partial charge in [-0.05, 0) is 24.6 Å². The van der Waals surface area contributed by atoms with Crippen molar-refractivity contribution in [2.75, 3.05) is 26.4 Å². The van der Waals surface area contributed by atoms with E-state index in [1.165, 1.54) is 7.11 Å². The Morgan fingerprint density at radius 1 is 1.53 bits per heavy atom. The van der Waals surface area contributed by atoms with Gasteiger partial charge in [-0.1, -0.05) is 0 Å². The fraction of sp³-hybridized carbons (Fsp3) is 0.385. The van der Waals surface area contributed by atoms with E-state index in [2.05, 4.69) is 5.32 Å². The van der Waals surface area contributed by atoms with E-state index >= 15 is 0 Å². The van der Waals surface area contributed by atoms with Crippen molar-refractivity contribution in [1.29, 1.82) is 0 Å². The Balaban J connectivity index is 2.10. The number of methoxy groups -OCH3 is 1. The topological polar surface area (TPSA) is 84.7 Å². The van der Waals surface area contributed by atoms with Crippen LogP contribution in [-0.2, 0) is 4.79 Å². The van der Waals surface area contributed by atoms with Crippen LogP contribution < -0.4 is 15.8 Å². The summed E-state index contributed by atoms with van der Waals surface area (Å²) in [5.41, 5.74) is 6.58. The summed E-state index contributed by atoms with van der Waals surface area (Å²) in [5.74, 6) is 0.0882. The average Bonchev–Trinajstić information content (AvgIpc) is 2.71. The second-order valence-corrected chi connectivity index (χ2v) is 4.53. The minimum absolute atomic E-state index is 0.0595. The quantitative estimate of drug-likeness (QED) is 0.765. The number of amides is 2. The maximum atomic E-state index is 12.1. The highest BCUT2D eigenvalue weighted by Gasteiger charge is 2.30. The molecule has 6 nitrogen and oxygen atoms in total. The first-order chi connectivity index (χ1) is 9.02. The number of hydrogen-bond donors (Lipinski definition) is 2. The van der Waals surface area contributed by atoms with Crippen LogP contribution in [0.1, 0.15) is 16.8 Å². The number of rotatable bonds is 3. The highest BCUT2D eigenvalue weighted by atomic mass is 16.5. The number of carbonyl (C=O) groups excluding carboxylic acids is 2. The Kier molecular flexibility index (Phi) is 3.59. The van der Waals surface area contributed by atoms with Crippen molar-refractivity contribution in [2.45, 2.75) is 12.5 Å². The van der Waals surface area contributed by atoms with E-state index in [-0.39, 0.29) is 11.8 Å². The first kappa shape index (κ1) is 13.2. The van der Waals surface area contributed by atoms with Gasteiger partial charge >= 0.3 is 0 Å². The van der Waals surface area contributed by atoms with Gasteiger partial charge < -0.3 is 20.7 Å². The van der Waals surface area contributed by atoms with Crippen LogP contribution in [0.2, 0.25) is 0 Å². The van der Waals surface area contributed by atoms with Crippen LogP contribution in [0.5, 0.6) is 5.75 Å². The van der Waals surface area contributed by atoms with E-state index in [0.29, 0.717) is 30.0 Å². The molecule has 1 saturated heterocycles. The molecule has 1 aliphatic heterocycles. The number of ether oxygens (including phenoxy) is 1. The lowest BCUT2D eigenvalue weighted by atomic mass is 10.1. The van der Waals surface area contributed by atoms with E-state index < -0.39 is 6.04 Å². The van der Waals surface area contributed by atoms with Crippen LogP contribution >= 0.6 is 0 Å². The molecule has 0 radical (unpaired) electrons. The Bertz CT molecular complexity index is 516. The number of nitrogens with one attached hydrogen (secondary N) is 1. The van der Waals surface area contributed by atoms with E-state index in [4.69, 9.17) is 10.5 Å². The molecule has 1 aliphatic rings. The van der Waals surface area contributed by atoms with Crippen molar-refractivity contribution in [3.05, 3.63) is 23.8 Å². The molecule has 1 unspecified atom stereocenters. The molecule has 3 N–H and O–H groups in total. The first-order valence-corrected chi connectivity index (χ1v) is 6.02. The second kappa shape index (κ2) is 5.17. The zero-order valence-corrected chi connectivity index (χ0v) is 11.0. The van der Waals surface area contributed by atoms with Gasteiger partial charge in [-0.3, -0.25) is 9.59 Å². The molecule has 2 rings (SSSR count). The van der Waals surface area contributed by atoms with Gasteiger partial charge in [0.25, 0.3) is 5.91 Å². The normalized spacial score (nSPS) is 18.5. The van der Waals surface area contributed by atoms with Crippen molar-refractivity contribution >= 4 is 17.5 Å². The van der Waals surface area contributed by atoms with Crippen LogP contribution in [0.25, 0.3) is 0 Å². The molecule has 0 spiro atoms. The van der Waals surface area contributed by atoms with Crippen molar-refractivity contribution < 1.29 is 14.3 Å². The highest BCUT2D eigenvalue weighted by molar-refractivity contribution is 5.98. The smallest absolute Gasteiger partial charge is 0.252 e. The largest absolute Gasteiger partial charge is 0.495 e. The van der Waals surface area contributed by atoms with Crippen molar-refractivity contribution in [3.8, 4) is 5.75 Å². The molecule has 0 bridgehead atoms. The Hall–Kier alpha value is -2.24. The van der Waals surface area contributed by atoms with Crippen LogP contribution in [0.3, 0.4) is 0 Å². The summed E-state index contributed by atoms with van der Waals surface area (Å²) in [6, 6.07) is 4.33. The summed E-state index contributed by atoms with van der Waals surface area (Å²) in [5, 5.41) is 2.72. The van der Waals surface area contributed by atoms with Gasteiger partial charge in [-0.15, -0.1) is 0 Å². The molecule has 0 aliphatic carbocycles. The van der Waals surface area contributed by atoms with Crippen LogP contribution in [-0.4, -0.2) is 43.5 Å². The SMILES string of the molecule is COc1cc(C(=O)NC2CCN(C)C2=O)ccc1N. The first-order valence-electron chi connectivity index (χ1n) is 6.02. The summed E-state index contributed by atoms with van der Waals surface area (Å²) in [7, 11) is 3.21. The zero-order valence-electron chi connectivity index (χ0n) is 11.0. The molecule has 0 aromatic heterocycles. The van der Waals surface area contributed by atoms with Crippen molar-refractivity contribution in [1.82, 2.24) is 10.2 Å². The lowest BCUT2D eigenvalue weighted by Crippen LogP contribution is -2.40. The van der Waals surface area contributed by atoms with Crippen LogP contribution in [0.4, 0.5) is 5.69 Å². The zero-order chi connectivity index (χ0) is 14.0. The molecule has 102 valence electrons. The van der Waals surface area contributed by atoms with Gasteiger partial charge in [0, 0.05) is 19.2 Å². The van der Waals surface area contributed by atoms with Crippen molar-refractivity contribution in [2.24, 2.45) is 0 Å². The number of benzene rings is 1. The average molecular weight is 263 g/mol. The molecule has 19 heavy (non-hydrogen) atoms. The van der Waals surface area contributed by atoms with Gasteiger partial charge in [-0.25, -0.2) is 0 Å². The van der Waals surface area contributed by atoms with Gasteiger partial charge in [0.05, 0.1) is 12.8 Å². The maximum absolute atomic E-state index is 12.1. The Morgan fingerprint density at radius 2 is 2.26 bits per heavy atom. The van der Waals surface area contributed by atoms with Crippen LogP contribution in [0.15, 0.2) is 18.2 Å². The molecule has 1 heterocycles. The van der Waals surface area contributed by atoms with E-state index in [0.717, 1.165) is 0 Å². The minimum atomic E-state index is -0.443. The fourth-order valence-electron chi connectivity index (χ4n) is 2.05. The number of anilines is 1. The predicted octanol–water partition coefficient (Wildman–Crippen LogP) is 0.238. The lowest BCUT2D eigenvalue weighted by Gasteiger charge is -2.13. The number of likely N-dealkylation sites (N-methyl/N-ethyl adjacent to an activating group) is 1. The van der Waals surface area contributed by atoms with Crippen LogP contribution in [0, 0.1) is 0 Å². The highest BCUT2D eigenvalue weighted by Crippen LogP contribution is 2.22. The minimum Gasteiger partial charge on any atom is -0.495 e. The molecule has 0 saturated carbocycles. The van der Waals surface area contributed by atoms with Gasteiger partial charge in [-0.2, -0.15) is 0 Å². The van der Waals surface area contributed by atoms with E-state index in [9.17, 15) is 9.59 Å². The predicted molar refractivity (Wildman–Crippen MR) is 70.9 cm³/mol. The second-order valence-electron chi connectivity index (χ2n) is 4.53. The fourth-order valence-corrected chi connectivity index (χ4v) is 2.05. The van der Waals surface area contributed by atoms with Gasteiger partial charge in [0.15, 0.2) is 0 Å². The number of likely N-dealkylation sites (tertiary alicyclic amines) is 1. The third kappa shape index (κ3) is 2.62. The molecule has 1 aromatic carbocycles. The third-order valence-corrected chi connectivity index (χ3v) is 3.23. The molecule has 6 heteroatoms. The number of carbonyl (C=O) groups is 2. The molecule has 2 amide bonds. The summed E-state index contributed by atoms with van der Waals surface area (Å²) >= 11 is 0. The third-order valence-electron chi connectivity index (χ3n) is 3.23. The van der Waals surface area contributed by atoms with Gasteiger partial charge in [0.1, 0.15) is 11.8 Å². The van der Waals surface area contributed by atoms with E-state index in [1.54, 1.807) is 30.1 Å². The molecular formula is C13H17N3O3. The number of nitrogens with zero attached hydrogens (tertiary/aromatic N) is 1. The lowest BCUT2D eigenvalue weighted by molar-refractivity contribution is -0.128. The Morgan fingerprint density at radius 3 is 2.84 bits per heavy atom. The molecule has 1 atom stereocenters. The summed E-state index contributed by atoms with van der Waals surface area (Å²) in [6.45, 7) is 0.662. The maximum Gasteiger partial charge on any atom is 0.252 e. The van der Waals surface area contributed by atoms with E-state index in [1.807, 2.05) is 0 Å². The number of hydrogen-bond acceptors (Lipinski definition) is 4. The summed E-state index contributed by atoms with van der Waals surface area (Å²) < 4.78 is 5.06. The number of nitrogen functional groups attached to an aromatic ring is 1. The van der Waals surface area contributed by atoms with Gasteiger partial charge in [0.2, 0.25) is 5.91 Å². The number of nitrogens with two attached hydrogens (primary N) is 1. The monoisotopic (exact) mass is 263 g/mol.